The molecule has 0 bridgehead atoms. The molecule has 0 radical (unpaired) electrons. The van der Waals surface area contributed by atoms with Crippen LogP contribution in [0, 0.1) is 45.0 Å². The van der Waals surface area contributed by atoms with Gasteiger partial charge in [0.15, 0.2) is 0 Å². The van der Waals surface area contributed by atoms with Gasteiger partial charge in [0.25, 0.3) is 0 Å². The number of hydrogen-bond acceptors (Lipinski definition) is 5. The van der Waals surface area contributed by atoms with Crippen LogP contribution in [0.4, 0.5) is 21.0 Å². The number of sulfonamides is 1. The summed E-state index contributed by atoms with van der Waals surface area (Å²) in [6, 6.07) is 15.3. The van der Waals surface area contributed by atoms with Crippen LogP contribution < -0.4 is 26.6 Å². The summed E-state index contributed by atoms with van der Waals surface area (Å²) in [7, 11) is -1.53. The minimum absolute atomic E-state index is 0. The van der Waals surface area contributed by atoms with Crippen LogP contribution in [-0.4, -0.2) is 69.6 Å². The number of aryl methyl sites for hydroxylation is 2. The van der Waals surface area contributed by atoms with Crippen molar-refractivity contribution in [1.29, 1.82) is 1.28 Å². The van der Waals surface area contributed by atoms with Gasteiger partial charge in [0.05, 0.1) is 6.53 Å². The first-order valence-electron chi connectivity index (χ1n) is 14.6. The van der Waals surface area contributed by atoms with Crippen LogP contribution in [0.1, 0.15) is 50.7 Å². The predicted molar refractivity (Wildman–Crippen MR) is 172 cm³/mol. The molecule has 10 nitrogen and oxygen atoms in total. The molecule has 2 aromatic rings. The normalized spacial score (nSPS) is 16.3. The van der Waals surface area contributed by atoms with E-state index in [4.69, 9.17) is 1.28 Å². The van der Waals surface area contributed by atoms with E-state index in [0.717, 1.165) is 42.9 Å². The number of urea groups is 2. The fourth-order valence-electron chi connectivity index (χ4n) is 4.50. The molecule has 2 fully saturated rings. The monoisotopic (exact) mass is 846 g/mol. The van der Waals surface area contributed by atoms with E-state index in [9.17, 15) is 18.0 Å². The third-order valence-electron chi connectivity index (χ3n) is 7.04. The Morgan fingerprint density at radius 3 is 1.57 bits per heavy atom. The number of nitrogens with one attached hydrogen (secondary N) is 5. The summed E-state index contributed by atoms with van der Waals surface area (Å²) < 4.78 is 31.4. The van der Waals surface area contributed by atoms with Crippen LogP contribution in [0.25, 0.3) is 0 Å². The summed E-state index contributed by atoms with van der Waals surface area (Å²) in [6.45, 7) is 10.3. The van der Waals surface area contributed by atoms with E-state index in [-0.39, 0.29) is 49.2 Å². The summed E-state index contributed by atoms with van der Waals surface area (Å²) >= 11 is 0. The van der Waals surface area contributed by atoms with Crippen molar-refractivity contribution in [2.45, 2.75) is 70.7 Å². The number of hydrogen-bond donors (Lipinski definition) is 5. The Morgan fingerprint density at radius 1 is 0.810 bits per heavy atom. The maximum Gasteiger partial charge on any atom is 0.319 e. The Hall–Kier alpha value is -1.67. The number of carbonyl (C=O) groups is 2. The summed E-state index contributed by atoms with van der Waals surface area (Å²) in [5.41, 5.74) is 3.90. The molecule has 0 aromatic heterocycles. The molecule has 232 valence electrons. The standard InChI is InChI=1S/C16H25N3O3S.C13H19N3O.H3P.U/c1-12(2)23(21,22)19-10-8-15(9-11-19)18-16(20)17-14-6-4-13(3)5-7-14;1-10-2-4-11(5-3-10)15-13(17)16-12-6-8-14-9-7-12;;/h4-7,12,15H,8-11H2,1-3H3,(H2,17,18,20);2-5,12,14H,6-9H2,1H3,(H2,15,16,17);1H3;/i;;1T;. The van der Waals surface area contributed by atoms with Crippen molar-refractivity contribution in [3.8, 4) is 0 Å². The van der Waals surface area contributed by atoms with Gasteiger partial charge >= 0.3 is 12.1 Å². The van der Waals surface area contributed by atoms with Gasteiger partial charge in [-0.05, 0) is 90.7 Å². The molecule has 0 spiro atoms. The molecule has 1 atom stereocenters. The van der Waals surface area contributed by atoms with Gasteiger partial charge in [0.1, 0.15) is 0 Å². The van der Waals surface area contributed by atoms with Crippen molar-refractivity contribution in [3.63, 3.8) is 0 Å². The van der Waals surface area contributed by atoms with Crippen molar-refractivity contribution in [3.05, 3.63) is 59.7 Å². The van der Waals surface area contributed by atoms with Crippen molar-refractivity contribution in [2.24, 2.45) is 0 Å². The van der Waals surface area contributed by atoms with Crippen molar-refractivity contribution in [1.82, 2.24) is 20.3 Å². The van der Waals surface area contributed by atoms with Gasteiger partial charge in [-0.1, -0.05) is 35.4 Å². The topological polar surface area (TPSA) is 132 Å². The van der Waals surface area contributed by atoms with Gasteiger partial charge < -0.3 is 26.6 Å². The van der Waals surface area contributed by atoms with Gasteiger partial charge in [0.2, 0.25) is 10.0 Å². The fraction of sp³-hybridized carbons (Fsp3) is 0.517. The predicted octanol–water partition coefficient (Wildman–Crippen LogP) is 4.25. The molecule has 13 heteroatoms. The van der Waals surface area contributed by atoms with Crippen molar-refractivity contribution in [2.75, 3.05) is 36.8 Å². The summed E-state index contributed by atoms with van der Waals surface area (Å²) in [6.07, 6.45) is 3.27. The first kappa shape index (κ1) is 36.5. The molecule has 2 aliphatic heterocycles. The van der Waals surface area contributed by atoms with Gasteiger partial charge in [-0.2, -0.15) is 9.84 Å². The maximum absolute atomic E-state index is 12.1. The molecule has 2 aliphatic rings. The summed E-state index contributed by atoms with van der Waals surface area (Å²) in [5, 5.41) is 14.4. The van der Waals surface area contributed by atoms with Gasteiger partial charge in [-0.25, -0.2) is 22.3 Å². The molecule has 4 rings (SSSR count). The van der Waals surface area contributed by atoms with Crippen LogP contribution in [0.3, 0.4) is 0 Å². The molecule has 0 aliphatic carbocycles. The Bertz CT molecular complexity index is 1210. The molecule has 4 amide bonds. The maximum atomic E-state index is 12.1. The third kappa shape index (κ3) is 12.9. The molecule has 5 N–H and O–H groups in total. The van der Waals surface area contributed by atoms with E-state index in [0.29, 0.717) is 32.0 Å². The van der Waals surface area contributed by atoms with E-state index in [1.165, 1.54) is 9.87 Å². The van der Waals surface area contributed by atoms with Crippen molar-refractivity contribution < 1.29 is 49.1 Å². The zero-order valence-electron chi connectivity index (χ0n) is 26.1. The van der Waals surface area contributed by atoms with E-state index in [1.54, 1.807) is 23.7 Å². The zero-order valence-corrected chi connectivity index (χ0v) is 31.2. The molecular weight excluding hydrogens is 797 g/mol. The molecule has 2 heterocycles. The number of amides is 4. The minimum Gasteiger partial charge on any atom is -0.335 e. The Kier molecular flexibility index (Phi) is 16.4. The number of carbonyl (C=O) groups excluding carboxylic acids is 2. The SMILES string of the molecule is Cc1ccc(NC(=O)NC2CCN(S(=O)(=O)C(C)C)CC2)cc1.Cc1ccc(NC(=O)NC2CCNCC2)cc1.[3H]P.[U]. The summed E-state index contributed by atoms with van der Waals surface area (Å²) in [5.74, 6) is 0. The van der Waals surface area contributed by atoms with Crippen LogP contribution in [0.5, 0.6) is 0 Å². The number of anilines is 2. The molecular formula is C29H47N6O4PSU. The van der Waals surface area contributed by atoms with E-state index >= 15 is 0 Å². The number of benzene rings is 2. The van der Waals surface area contributed by atoms with E-state index in [1.807, 2.05) is 62.4 Å². The van der Waals surface area contributed by atoms with Gasteiger partial charge in [-0.3, -0.25) is 0 Å². The first-order valence-corrected chi connectivity index (χ1v) is 15.5. The second-order valence-corrected chi connectivity index (χ2v) is 13.2. The van der Waals surface area contributed by atoms with E-state index < -0.39 is 15.3 Å². The van der Waals surface area contributed by atoms with Crippen LogP contribution >= 0.6 is 9.84 Å². The average Bonchev–Trinajstić information content (AvgIpc) is 2.97. The van der Waals surface area contributed by atoms with Crippen LogP contribution in [0.15, 0.2) is 48.5 Å². The molecule has 2 aromatic carbocycles. The van der Waals surface area contributed by atoms with Gasteiger partial charge in [-0.15, -0.1) is 0 Å². The quantitative estimate of drug-likeness (QED) is 0.278. The molecule has 42 heavy (non-hydrogen) atoms. The smallest absolute Gasteiger partial charge is 0.319 e. The first-order chi connectivity index (χ1) is 20.0. The third-order valence-corrected chi connectivity index (χ3v) is 9.31. The van der Waals surface area contributed by atoms with Crippen LogP contribution in [-0.2, 0) is 10.0 Å². The van der Waals surface area contributed by atoms with Gasteiger partial charge in [0, 0.05) is 67.7 Å². The second kappa shape index (κ2) is 18.9. The zero-order chi connectivity index (χ0) is 31.1. The Balaban J connectivity index is 0.000000412. The Labute approximate surface area is 279 Å². The molecule has 2 saturated heterocycles. The molecule has 1 unspecified atom stereocenters. The Morgan fingerprint density at radius 2 is 1.19 bits per heavy atom. The van der Waals surface area contributed by atoms with Crippen molar-refractivity contribution >= 4 is 43.3 Å². The number of piperidine rings is 2. The molecule has 0 saturated carbocycles. The van der Waals surface area contributed by atoms with Crippen LogP contribution in [0.2, 0.25) is 0 Å². The number of nitrogens with zero attached hydrogens (tertiary/aromatic N) is 1. The average molecular weight is 847 g/mol. The van der Waals surface area contributed by atoms with E-state index in [2.05, 4.69) is 26.6 Å². The second-order valence-electron chi connectivity index (χ2n) is 10.7. The largest absolute Gasteiger partial charge is 0.335 e. The minimum atomic E-state index is -3.20. The fourth-order valence-corrected chi connectivity index (χ4v) is 5.81. The summed E-state index contributed by atoms with van der Waals surface area (Å²) in [4.78, 5) is 23.7. The number of rotatable bonds is 6.